The quantitative estimate of drug-likeness (QED) is 0.212. The average Bonchev–Trinajstić information content (AvgIpc) is 2.86. The molecule has 2 rings (SSSR count). The predicted molar refractivity (Wildman–Crippen MR) is 132 cm³/mol. The number of hydrogen-bond acceptors (Lipinski definition) is 8. The molecule has 0 heterocycles. The molecule has 0 aliphatic rings. The van der Waals surface area contributed by atoms with Crippen LogP contribution in [0.25, 0.3) is 0 Å². The van der Waals surface area contributed by atoms with E-state index < -0.39 is 0 Å². The fourth-order valence-corrected chi connectivity index (χ4v) is 3.22. The molecule has 0 radical (unpaired) electrons. The van der Waals surface area contributed by atoms with E-state index in [2.05, 4.69) is 15.8 Å². The SMILES string of the molecule is CCOc1cc(/C=N/NC(=O)CCCCCNC(=O)c2cc(OC)c(OC)c(OC)c2)ccc1O. The van der Waals surface area contributed by atoms with Crippen molar-refractivity contribution in [1.29, 1.82) is 0 Å². The number of phenols is 1. The number of hydrogen-bond donors (Lipinski definition) is 3. The van der Waals surface area contributed by atoms with E-state index in [1.165, 1.54) is 33.6 Å². The number of hydrazone groups is 1. The standard InChI is InChI=1S/C25H33N3O7/c1-5-35-20-13-17(10-11-19(20)29)16-27-28-23(30)9-7-6-8-12-26-25(31)18-14-21(32-2)24(34-4)22(15-18)33-3/h10-11,13-16,29H,5-9,12H2,1-4H3,(H,26,31)(H,28,30)/b27-16+. The summed E-state index contributed by atoms with van der Waals surface area (Å²) in [6.45, 7) is 2.72. The summed E-state index contributed by atoms with van der Waals surface area (Å²) in [7, 11) is 4.49. The molecular weight excluding hydrogens is 454 g/mol. The van der Waals surface area contributed by atoms with Gasteiger partial charge in [0.05, 0.1) is 34.2 Å². The third kappa shape index (κ3) is 8.40. The van der Waals surface area contributed by atoms with Crippen LogP contribution >= 0.6 is 0 Å². The van der Waals surface area contributed by atoms with Crippen LogP contribution in [0.3, 0.4) is 0 Å². The Morgan fingerprint density at radius 3 is 2.31 bits per heavy atom. The van der Waals surface area contributed by atoms with Gasteiger partial charge in [-0.05, 0) is 55.7 Å². The van der Waals surface area contributed by atoms with Crippen LogP contribution in [0.1, 0.15) is 48.5 Å². The number of carbonyl (C=O) groups excluding carboxylic acids is 2. The van der Waals surface area contributed by atoms with Gasteiger partial charge < -0.3 is 29.4 Å². The van der Waals surface area contributed by atoms with E-state index in [0.29, 0.717) is 60.1 Å². The fourth-order valence-electron chi connectivity index (χ4n) is 3.22. The minimum Gasteiger partial charge on any atom is -0.504 e. The highest BCUT2D eigenvalue weighted by molar-refractivity contribution is 5.95. The van der Waals surface area contributed by atoms with Crippen molar-refractivity contribution in [2.24, 2.45) is 5.10 Å². The molecular formula is C25H33N3O7. The molecule has 2 aromatic rings. The summed E-state index contributed by atoms with van der Waals surface area (Å²) in [4.78, 5) is 24.4. The lowest BCUT2D eigenvalue weighted by molar-refractivity contribution is -0.121. The molecule has 0 aliphatic heterocycles. The van der Waals surface area contributed by atoms with Crippen LogP contribution in [-0.4, -0.2) is 57.6 Å². The van der Waals surface area contributed by atoms with Gasteiger partial charge in [0.1, 0.15) is 0 Å². The Hall–Kier alpha value is -3.95. The normalized spacial score (nSPS) is 10.6. The highest BCUT2D eigenvalue weighted by Crippen LogP contribution is 2.38. The van der Waals surface area contributed by atoms with Gasteiger partial charge in [0.2, 0.25) is 11.7 Å². The van der Waals surface area contributed by atoms with Crippen molar-refractivity contribution in [3.05, 3.63) is 41.5 Å². The fraction of sp³-hybridized carbons (Fsp3) is 0.400. The van der Waals surface area contributed by atoms with E-state index in [4.69, 9.17) is 18.9 Å². The molecule has 0 unspecified atom stereocenters. The van der Waals surface area contributed by atoms with Gasteiger partial charge in [-0.15, -0.1) is 0 Å². The van der Waals surface area contributed by atoms with Crippen molar-refractivity contribution < 1.29 is 33.6 Å². The zero-order valence-electron chi connectivity index (χ0n) is 20.6. The van der Waals surface area contributed by atoms with Crippen LogP contribution in [-0.2, 0) is 4.79 Å². The van der Waals surface area contributed by atoms with E-state index in [1.807, 2.05) is 6.92 Å². The summed E-state index contributed by atoms with van der Waals surface area (Å²) < 4.78 is 21.1. The second-order valence-corrected chi connectivity index (χ2v) is 7.43. The van der Waals surface area contributed by atoms with Crippen LogP contribution in [0.15, 0.2) is 35.4 Å². The third-order valence-corrected chi connectivity index (χ3v) is 4.98. The minimum absolute atomic E-state index is 0.0488. The number of nitrogens with one attached hydrogen (secondary N) is 2. The Bertz CT molecular complexity index is 999. The van der Waals surface area contributed by atoms with Crippen molar-refractivity contribution in [3.8, 4) is 28.7 Å². The third-order valence-electron chi connectivity index (χ3n) is 4.98. The Labute approximate surface area is 205 Å². The summed E-state index contributed by atoms with van der Waals surface area (Å²) in [5.41, 5.74) is 3.57. The van der Waals surface area contributed by atoms with Gasteiger partial charge in [0, 0.05) is 18.5 Å². The van der Waals surface area contributed by atoms with Gasteiger partial charge in [0.15, 0.2) is 23.0 Å². The Morgan fingerprint density at radius 1 is 0.971 bits per heavy atom. The summed E-state index contributed by atoms with van der Waals surface area (Å²) in [6, 6.07) is 8.00. The lowest BCUT2D eigenvalue weighted by Gasteiger charge is -2.14. The molecule has 2 aromatic carbocycles. The number of ether oxygens (including phenoxy) is 4. The molecule has 0 spiro atoms. The van der Waals surface area contributed by atoms with Gasteiger partial charge >= 0.3 is 0 Å². The van der Waals surface area contributed by atoms with Crippen LogP contribution < -0.4 is 29.7 Å². The molecule has 0 bridgehead atoms. The van der Waals surface area contributed by atoms with Crippen molar-refractivity contribution in [3.63, 3.8) is 0 Å². The maximum atomic E-state index is 12.5. The maximum absolute atomic E-state index is 12.5. The van der Waals surface area contributed by atoms with E-state index in [-0.39, 0.29) is 17.6 Å². The molecule has 3 N–H and O–H groups in total. The molecule has 0 fully saturated rings. The van der Waals surface area contributed by atoms with Crippen molar-refractivity contribution in [2.45, 2.75) is 32.6 Å². The van der Waals surface area contributed by atoms with Crippen LogP contribution in [0.5, 0.6) is 28.7 Å². The molecule has 0 aromatic heterocycles. The summed E-state index contributed by atoms with van der Waals surface area (Å²) in [6.07, 6.45) is 3.95. The predicted octanol–water partition coefficient (Wildman–Crippen LogP) is 3.26. The first-order valence-corrected chi connectivity index (χ1v) is 11.3. The smallest absolute Gasteiger partial charge is 0.251 e. The Balaban J connectivity index is 1.69. The number of methoxy groups -OCH3 is 3. The van der Waals surface area contributed by atoms with Crippen molar-refractivity contribution in [1.82, 2.24) is 10.7 Å². The van der Waals surface area contributed by atoms with Crippen LogP contribution in [0.4, 0.5) is 0 Å². The lowest BCUT2D eigenvalue weighted by atomic mass is 10.1. The maximum Gasteiger partial charge on any atom is 0.251 e. The molecule has 2 amide bonds. The monoisotopic (exact) mass is 487 g/mol. The minimum atomic E-state index is -0.252. The number of aromatic hydroxyl groups is 1. The second-order valence-electron chi connectivity index (χ2n) is 7.43. The van der Waals surface area contributed by atoms with Gasteiger partial charge in [-0.1, -0.05) is 6.42 Å². The number of amides is 2. The van der Waals surface area contributed by atoms with Gasteiger partial charge in [-0.25, -0.2) is 5.43 Å². The molecule has 0 aliphatic carbocycles. The molecule has 10 nitrogen and oxygen atoms in total. The molecule has 190 valence electrons. The topological polar surface area (TPSA) is 128 Å². The van der Waals surface area contributed by atoms with E-state index in [9.17, 15) is 14.7 Å². The molecule has 0 saturated carbocycles. The first-order chi connectivity index (χ1) is 16.9. The molecule has 35 heavy (non-hydrogen) atoms. The highest BCUT2D eigenvalue weighted by atomic mass is 16.5. The number of benzene rings is 2. The summed E-state index contributed by atoms with van der Waals surface area (Å²) in [5, 5.41) is 16.5. The highest BCUT2D eigenvalue weighted by Gasteiger charge is 2.16. The first-order valence-electron chi connectivity index (χ1n) is 11.3. The largest absolute Gasteiger partial charge is 0.504 e. The van der Waals surface area contributed by atoms with Crippen molar-refractivity contribution in [2.75, 3.05) is 34.5 Å². The van der Waals surface area contributed by atoms with E-state index in [1.54, 1.807) is 24.3 Å². The number of phenolic OH excluding ortho intramolecular Hbond substituents is 1. The molecule has 0 atom stereocenters. The summed E-state index contributed by atoms with van der Waals surface area (Å²) >= 11 is 0. The second kappa shape index (κ2) is 14.3. The first kappa shape index (κ1) is 27.3. The zero-order valence-corrected chi connectivity index (χ0v) is 20.6. The number of carbonyl (C=O) groups is 2. The molecule has 0 saturated heterocycles. The lowest BCUT2D eigenvalue weighted by Crippen LogP contribution is -2.24. The number of nitrogens with zero attached hydrogens (tertiary/aromatic N) is 1. The number of unbranched alkanes of at least 4 members (excludes halogenated alkanes) is 2. The van der Waals surface area contributed by atoms with Gasteiger partial charge in [-0.3, -0.25) is 9.59 Å². The number of rotatable bonds is 14. The van der Waals surface area contributed by atoms with Gasteiger partial charge in [-0.2, -0.15) is 5.10 Å². The van der Waals surface area contributed by atoms with Crippen LogP contribution in [0, 0.1) is 0 Å². The average molecular weight is 488 g/mol. The molecule has 10 heteroatoms. The van der Waals surface area contributed by atoms with E-state index in [0.717, 1.165) is 12.8 Å². The van der Waals surface area contributed by atoms with Crippen LogP contribution in [0.2, 0.25) is 0 Å². The Morgan fingerprint density at radius 2 is 1.69 bits per heavy atom. The van der Waals surface area contributed by atoms with Gasteiger partial charge in [0.25, 0.3) is 5.91 Å². The summed E-state index contributed by atoms with van der Waals surface area (Å²) in [5.74, 6) is 1.20. The van der Waals surface area contributed by atoms with Crippen molar-refractivity contribution >= 4 is 18.0 Å². The Kier molecular flexibility index (Phi) is 11.2. The van der Waals surface area contributed by atoms with E-state index >= 15 is 0 Å². The zero-order chi connectivity index (χ0) is 25.6.